The molecule has 0 fully saturated rings. The van der Waals surface area contributed by atoms with Crippen molar-refractivity contribution in [3.63, 3.8) is 0 Å². The molecular formula is C19H22N2O3. The average molecular weight is 326 g/mol. The molecule has 2 N–H and O–H groups in total. The fourth-order valence-electron chi connectivity index (χ4n) is 2.53. The van der Waals surface area contributed by atoms with Gasteiger partial charge < -0.3 is 10.4 Å². The van der Waals surface area contributed by atoms with Crippen LogP contribution in [0.25, 0.3) is 0 Å². The van der Waals surface area contributed by atoms with Gasteiger partial charge in [0.15, 0.2) is 0 Å². The van der Waals surface area contributed by atoms with Crippen LogP contribution in [0, 0.1) is 0 Å². The predicted molar refractivity (Wildman–Crippen MR) is 91.5 cm³/mol. The molecule has 0 bridgehead atoms. The quantitative estimate of drug-likeness (QED) is 0.742. The van der Waals surface area contributed by atoms with Gasteiger partial charge in [-0.25, -0.2) is 0 Å². The van der Waals surface area contributed by atoms with Gasteiger partial charge in [-0.05, 0) is 42.5 Å². The van der Waals surface area contributed by atoms with Crippen LogP contribution in [-0.2, 0) is 22.4 Å². The third kappa shape index (κ3) is 6.60. The van der Waals surface area contributed by atoms with Gasteiger partial charge in [-0.2, -0.15) is 0 Å². The van der Waals surface area contributed by atoms with E-state index >= 15 is 0 Å². The number of benzene rings is 1. The first kappa shape index (κ1) is 17.7. The van der Waals surface area contributed by atoms with Crippen LogP contribution in [-0.4, -0.2) is 28.0 Å². The average Bonchev–Trinajstić information content (AvgIpc) is 2.60. The number of carboxylic acids is 1. The molecule has 1 aromatic heterocycles. The highest BCUT2D eigenvalue weighted by Crippen LogP contribution is 2.09. The van der Waals surface area contributed by atoms with Crippen molar-refractivity contribution in [2.45, 2.75) is 38.1 Å². The smallest absolute Gasteiger partial charge is 0.303 e. The Morgan fingerprint density at radius 1 is 1.00 bits per heavy atom. The van der Waals surface area contributed by atoms with E-state index in [-0.39, 0.29) is 18.4 Å². The lowest BCUT2D eigenvalue weighted by Gasteiger charge is -2.18. The summed E-state index contributed by atoms with van der Waals surface area (Å²) in [5, 5.41) is 11.9. The number of carboxylic acid groups (broad SMARTS) is 1. The molecule has 1 unspecified atom stereocenters. The Morgan fingerprint density at radius 2 is 1.71 bits per heavy atom. The van der Waals surface area contributed by atoms with E-state index in [1.807, 2.05) is 42.5 Å². The zero-order chi connectivity index (χ0) is 17.2. The van der Waals surface area contributed by atoms with Crippen LogP contribution in [0.5, 0.6) is 0 Å². The van der Waals surface area contributed by atoms with Crippen LogP contribution in [0.2, 0.25) is 0 Å². The molecule has 0 spiro atoms. The van der Waals surface area contributed by atoms with Gasteiger partial charge in [0.1, 0.15) is 0 Å². The molecule has 2 aromatic rings. The van der Waals surface area contributed by atoms with Gasteiger partial charge in [-0.15, -0.1) is 0 Å². The van der Waals surface area contributed by atoms with Crippen molar-refractivity contribution in [2.75, 3.05) is 0 Å². The normalized spacial score (nSPS) is 11.7. The van der Waals surface area contributed by atoms with Crippen LogP contribution < -0.4 is 5.32 Å². The molecule has 5 heteroatoms. The molecule has 0 saturated heterocycles. The number of hydrogen-bond donors (Lipinski definition) is 2. The van der Waals surface area contributed by atoms with Crippen molar-refractivity contribution < 1.29 is 14.7 Å². The van der Waals surface area contributed by atoms with Gasteiger partial charge in [0.2, 0.25) is 5.91 Å². The summed E-state index contributed by atoms with van der Waals surface area (Å²) in [5.74, 6) is -0.905. The van der Waals surface area contributed by atoms with Crippen LogP contribution in [0.15, 0.2) is 54.9 Å². The van der Waals surface area contributed by atoms with Gasteiger partial charge in [0.25, 0.3) is 0 Å². The number of aromatic nitrogens is 1. The number of pyridine rings is 1. The minimum atomic E-state index is -0.848. The molecule has 0 aliphatic heterocycles. The van der Waals surface area contributed by atoms with Gasteiger partial charge >= 0.3 is 5.97 Å². The zero-order valence-corrected chi connectivity index (χ0v) is 13.5. The number of amides is 1. The Labute approximate surface area is 141 Å². The summed E-state index contributed by atoms with van der Waals surface area (Å²) < 4.78 is 0. The Balaban J connectivity index is 1.88. The molecule has 2 rings (SSSR count). The first-order valence-corrected chi connectivity index (χ1v) is 8.07. The molecule has 5 nitrogen and oxygen atoms in total. The molecule has 0 radical (unpaired) electrons. The van der Waals surface area contributed by atoms with E-state index in [2.05, 4.69) is 10.3 Å². The largest absolute Gasteiger partial charge is 0.481 e. The van der Waals surface area contributed by atoms with Crippen molar-refractivity contribution in [3.05, 3.63) is 66.0 Å². The first-order chi connectivity index (χ1) is 11.6. The Kier molecular flexibility index (Phi) is 6.95. The highest BCUT2D eigenvalue weighted by Gasteiger charge is 2.14. The number of nitrogens with zero attached hydrogens (tertiary/aromatic N) is 1. The molecule has 126 valence electrons. The molecule has 1 aromatic carbocycles. The van der Waals surface area contributed by atoms with Crippen LogP contribution in [0.4, 0.5) is 0 Å². The summed E-state index contributed by atoms with van der Waals surface area (Å²) in [7, 11) is 0. The second-order valence-corrected chi connectivity index (χ2v) is 5.74. The predicted octanol–water partition coefficient (Wildman–Crippen LogP) is 2.61. The standard InChI is InChI=1S/C19H22N2O3/c22-18(8-6-15-10-12-20-13-11-15)21-17(7-9-19(23)24)14-16-4-2-1-3-5-16/h1-5,10-13,17H,6-9,14H2,(H,21,22)(H,23,24). The van der Waals surface area contributed by atoms with E-state index in [1.165, 1.54) is 0 Å². The third-order valence-electron chi connectivity index (χ3n) is 3.79. The van der Waals surface area contributed by atoms with Crippen molar-refractivity contribution in [1.29, 1.82) is 0 Å². The van der Waals surface area contributed by atoms with Gasteiger partial charge in [0, 0.05) is 31.3 Å². The highest BCUT2D eigenvalue weighted by atomic mass is 16.4. The number of hydrogen-bond acceptors (Lipinski definition) is 3. The minimum absolute atomic E-state index is 0.0438. The van der Waals surface area contributed by atoms with E-state index in [0.29, 0.717) is 25.7 Å². The van der Waals surface area contributed by atoms with E-state index in [4.69, 9.17) is 5.11 Å². The van der Waals surface area contributed by atoms with Crippen molar-refractivity contribution in [1.82, 2.24) is 10.3 Å². The van der Waals surface area contributed by atoms with Gasteiger partial charge in [-0.3, -0.25) is 14.6 Å². The Morgan fingerprint density at radius 3 is 2.38 bits per heavy atom. The zero-order valence-electron chi connectivity index (χ0n) is 13.5. The maximum absolute atomic E-state index is 12.2. The minimum Gasteiger partial charge on any atom is -0.481 e. The third-order valence-corrected chi connectivity index (χ3v) is 3.79. The van der Waals surface area contributed by atoms with Crippen LogP contribution in [0.3, 0.4) is 0 Å². The second-order valence-electron chi connectivity index (χ2n) is 5.74. The maximum atomic E-state index is 12.2. The summed E-state index contributed by atoms with van der Waals surface area (Å²) in [6, 6.07) is 13.4. The van der Waals surface area contributed by atoms with Gasteiger partial charge in [-0.1, -0.05) is 30.3 Å². The maximum Gasteiger partial charge on any atom is 0.303 e. The van der Waals surface area contributed by atoms with E-state index in [1.54, 1.807) is 12.4 Å². The molecule has 0 saturated carbocycles. The topological polar surface area (TPSA) is 79.3 Å². The lowest BCUT2D eigenvalue weighted by molar-refractivity contribution is -0.137. The molecule has 1 amide bonds. The number of aryl methyl sites for hydroxylation is 1. The molecule has 0 aliphatic carbocycles. The molecule has 1 atom stereocenters. The van der Waals surface area contributed by atoms with Crippen LogP contribution in [0.1, 0.15) is 30.4 Å². The van der Waals surface area contributed by atoms with Crippen molar-refractivity contribution in [3.8, 4) is 0 Å². The number of rotatable bonds is 9. The fourth-order valence-corrected chi connectivity index (χ4v) is 2.53. The van der Waals surface area contributed by atoms with Crippen molar-refractivity contribution in [2.24, 2.45) is 0 Å². The lowest BCUT2D eigenvalue weighted by Crippen LogP contribution is -2.37. The van der Waals surface area contributed by atoms with E-state index in [9.17, 15) is 9.59 Å². The second kappa shape index (κ2) is 9.45. The SMILES string of the molecule is O=C(O)CCC(Cc1ccccc1)NC(=O)CCc1ccncc1. The number of carbonyl (C=O) groups excluding carboxylic acids is 1. The summed E-state index contributed by atoms with van der Waals surface area (Å²) in [6.07, 6.45) is 5.53. The fraction of sp³-hybridized carbons (Fsp3) is 0.316. The van der Waals surface area contributed by atoms with Gasteiger partial charge in [0.05, 0.1) is 0 Å². The van der Waals surface area contributed by atoms with Crippen LogP contribution >= 0.6 is 0 Å². The lowest BCUT2D eigenvalue weighted by atomic mass is 10.0. The monoisotopic (exact) mass is 326 g/mol. The van der Waals surface area contributed by atoms with E-state index < -0.39 is 5.97 Å². The molecular weight excluding hydrogens is 304 g/mol. The first-order valence-electron chi connectivity index (χ1n) is 8.07. The Hall–Kier alpha value is -2.69. The molecule has 0 aliphatic rings. The number of nitrogens with one attached hydrogen (secondary N) is 1. The summed E-state index contributed by atoms with van der Waals surface area (Å²) in [6.45, 7) is 0. The van der Waals surface area contributed by atoms with Crippen molar-refractivity contribution >= 4 is 11.9 Å². The highest BCUT2D eigenvalue weighted by molar-refractivity contribution is 5.76. The summed E-state index contributed by atoms with van der Waals surface area (Å²) >= 11 is 0. The Bertz CT molecular complexity index is 644. The molecule has 1 heterocycles. The van der Waals surface area contributed by atoms with E-state index in [0.717, 1.165) is 11.1 Å². The molecule has 24 heavy (non-hydrogen) atoms. The number of carbonyl (C=O) groups is 2. The summed E-state index contributed by atoms with van der Waals surface area (Å²) in [4.78, 5) is 27.0. The number of aliphatic carboxylic acids is 1. The summed E-state index contributed by atoms with van der Waals surface area (Å²) in [5.41, 5.74) is 2.15.